The molecule has 1 aliphatic carbocycles. The van der Waals surface area contributed by atoms with E-state index in [-0.39, 0.29) is 17.7 Å². The SMILES string of the molecule is Cc1nc(Nc2cccc(C(=O)NC[C@@H]3CCCC[C@@H]3C(=O)O)c2)cc(-c2ccccc2)n1. The molecule has 1 heterocycles. The van der Waals surface area contributed by atoms with Gasteiger partial charge < -0.3 is 15.7 Å². The summed E-state index contributed by atoms with van der Waals surface area (Å²) in [7, 11) is 0. The fourth-order valence-electron chi connectivity index (χ4n) is 4.38. The second-order valence-corrected chi connectivity index (χ2v) is 8.46. The Balaban J connectivity index is 1.44. The van der Waals surface area contributed by atoms with E-state index in [9.17, 15) is 14.7 Å². The number of rotatable bonds is 7. The van der Waals surface area contributed by atoms with Crippen molar-refractivity contribution in [1.29, 1.82) is 0 Å². The lowest BCUT2D eigenvalue weighted by Gasteiger charge is -2.28. The molecule has 1 aliphatic rings. The minimum absolute atomic E-state index is 0.0260. The van der Waals surface area contributed by atoms with Gasteiger partial charge in [0.05, 0.1) is 11.6 Å². The first kappa shape index (κ1) is 22.5. The smallest absolute Gasteiger partial charge is 0.306 e. The molecule has 0 saturated heterocycles. The normalized spacial score (nSPS) is 17.8. The first-order valence-electron chi connectivity index (χ1n) is 11.3. The maximum Gasteiger partial charge on any atom is 0.306 e. The summed E-state index contributed by atoms with van der Waals surface area (Å²) in [6.07, 6.45) is 3.45. The lowest BCUT2D eigenvalue weighted by atomic mass is 9.79. The summed E-state index contributed by atoms with van der Waals surface area (Å²) in [5.74, 6) is -0.0974. The van der Waals surface area contributed by atoms with Crippen molar-refractivity contribution in [2.45, 2.75) is 32.6 Å². The Morgan fingerprint density at radius 1 is 1.00 bits per heavy atom. The summed E-state index contributed by atoms with van der Waals surface area (Å²) in [5.41, 5.74) is 3.07. The molecule has 3 aromatic rings. The fraction of sp³-hybridized carbons (Fsp3) is 0.308. The minimum Gasteiger partial charge on any atom is -0.481 e. The first-order chi connectivity index (χ1) is 16.0. The van der Waals surface area contributed by atoms with Gasteiger partial charge in [0.15, 0.2) is 0 Å². The molecule has 1 saturated carbocycles. The highest BCUT2D eigenvalue weighted by Gasteiger charge is 2.30. The first-order valence-corrected chi connectivity index (χ1v) is 11.3. The number of amides is 1. The molecule has 0 unspecified atom stereocenters. The van der Waals surface area contributed by atoms with Crippen molar-refractivity contribution in [2.24, 2.45) is 11.8 Å². The second kappa shape index (κ2) is 10.3. The number of hydrogen-bond donors (Lipinski definition) is 3. The van der Waals surface area contributed by atoms with E-state index in [4.69, 9.17) is 0 Å². The van der Waals surface area contributed by atoms with Gasteiger partial charge >= 0.3 is 5.97 Å². The predicted molar refractivity (Wildman–Crippen MR) is 127 cm³/mol. The Morgan fingerprint density at radius 3 is 2.58 bits per heavy atom. The Morgan fingerprint density at radius 2 is 1.79 bits per heavy atom. The monoisotopic (exact) mass is 444 g/mol. The Labute approximate surface area is 193 Å². The molecule has 0 radical (unpaired) electrons. The standard InChI is InChI=1S/C26H28N4O3/c1-17-28-23(18-8-3-2-4-9-18)15-24(29-17)30-21-12-7-11-19(14-21)25(31)27-16-20-10-5-6-13-22(20)26(32)33/h2-4,7-9,11-12,14-15,20,22H,5-6,10,13,16H2,1H3,(H,27,31)(H,32,33)(H,28,29,30)/t20-,22-/m0/s1. The molecular weight excluding hydrogens is 416 g/mol. The van der Waals surface area contributed by atoms with E-state index in [1.54, 1.807) is 12.1 Å². The number of aromatic nitrogens is 2. The summed E-state index contributed by atoms with van der Waals surface area (Å²) < 4.78 is 0. The zero-order valence-corrected chi connectivity index (χ0v) is 18.6. The van der Waals surface area contributed by atoms with E-state index in [2.05, 4.69) is 20.6 Å². The van der Waals surface area contributed by atoms with Crippen molar-refractivity contribution in [1.82, 2.24) is 15.3 Å². The number of nitrogens with one attached hydrogen (secondary N) is 2. The number of carbonyl (C=O) groups is 2. The summed E-state index contributed by atoms with van der Waals surface area (Å²) in [5, 5.41) is 15.6. The highest BCUT2D eigenvalue weighted by atomic mass is 16.4. The van der Waals surface area contributed by atoms with Crippen LogP contribution in [-0.4, -0.2) is 33.5 Å². The molecule has 7 heteroatoms. The highest BCUT2D eigenvalue weighted by molar-refractivity contribution is 5.95. The molecule has 1 amide bonds. The molecule has 170 valence electrons. The number of nitrogens with zero attached hydrogens (tertiary/aromatic N) is 2. The highest BCUT2D eigenvalue weighted by Crippen LogP contribution is 2.30. The van der Waals surface area contributed by atoms with Crippen molar-refractivity contribution < 1.29 is 14.7 Å². The Kier molecular flexibility index (Phi) is 6.98. The van der Waals surface area contributed by atoms with Crippen molar-refractivity contribution >= 4 is 23.4 Å². The topological polar surface area (TPSA) is 104 Å². The van der Waals surface area contributed by atoms with Crippen LogP contribution in [0.2, 0.25) is 0 Å². The van der Waals surface area contributed by atoms with Gasteiger partial charge in [-0.15, -0.1) is 0 Å². The minimum atomic E-state index is -0.768. The second-order valence-electron chi connectivity index (χ2n) is 8.46. The lowest BCUT2D eigenvalue weighted by molar-refractivity contribution is -0.144. The Bertz CT molecular complexity index is 1130. The van der Waals surface area contributed by atoms with Gasteiger partial charge in [-0.25, -0.2) is 9.97 Å². The van der Waals surface area contributed by atoms with Crippen LogP contribution < -0.4 is 10.6 Å². The number of carbonyl (C=O) groups excluding carboxylic acids is 1. The van der Waals surface area contributed by atoms with Crippen LogP contribution in [0.5, 0.6) is 0 Å². The Hall–Kier alpha value is -3.74. The molecule has 1 fully saturated rings. The quantitative estimate of drug-likeness (QED) is 0.483. The maximum atomic E-state index is 12.7. The van der Waals surface area contributed by atoms with E-state index in [1.165, 1.54) is 0 Å². The average Bonchev–Trinajstić information content (AvgIpc) is 2.83. The number of aryl methyl sites for hydroxylation is 1. The van der Waals surface area contributed by atoms with Crippen molar-refractivity contribution in [2.75, 3.05) is 11.9 Å². The molecule has 2 aromatic carbocycles. The van der Waals surface area contributed by atoms with Crippen molar-refractivity contribution in [3.63, 3.8) is 0 Å². The zero-order chi connectivity index (χ0) is 23.2. The van der Waals surface area contributed by atoms with Crippen LogP contribution in [-0.2, 0) is 4.79 Å². The maximum absolute atomic E-state index is 12.7. The summed E-state index contributed by atoms with van der Waals surface area (Å²) in [6, 6.07) is 19.0. The molecule has 0 aliphatic heterocycles. The fourth-order valence-corrected chi connectivity index (χ4v) is 4.38. The van der Waals surface area contributed by atoms with E-state index >= 15 is 0 Å². The van der Waals surface area contributed by atoms with Gasteiger partial charge in [0, 0.05) is 29.4 Å². The van der Waals surface area contributed by atoms with Gasteiger partial charge in [-0.05, 0) is 43.9 Å². The number of hydrogen-bond acceptors (Lipinski definition) is 5. The average molecular weight is 445 g/mol. The summed E-state index contributed by atoms with van der Waals surface area (Å²) >= 11 is 0. The van der Waals surface area contributed by atoms with E-state index in [0.717, 1.165) is 36.2 Å². The van der Waals surface area contributed by atoms with Crippen LogP contribution >= 0.6 is 0 Å². The van der Waals surface area contributed by atoms with Gasteiger partial charge in [-0.1, -0.05) is 49.2 Å². The van der Waals surface area contributed by atoms with Gasteiger partial charge in [0.2, 0.25) is 0 Å². The number of aliphatic carboxylic acids is 1. The van der Waals surface area contributed by atoms with Crippen molar-refractivity contribution in [3.05, 3.63) is 72.1 Å². The third kappa shape index (κ3) is 5.74. The van der Waals surface area contributed by atoms with Gasteiger partial charge in [0.25, 0.3) is 5.91 Å². The molecule has 1 aromatic heterocycles. The molecule has 0 bridgehead atoms. The molecule has 0 spiro atoms. The van der Waals surface area contributed by atoms with Gasteiger partial charge in [0.1, 0.15) is 11.6 Å². The molecule has 3 N–H and O–H groups in total. The van der Waals surface area contributed by atoms with Crippen LogP contribution in [0.3, 0.4) is 0 Å². The predicted octanol–water partition coefficient (Wildman–Crippen LogP) is 4.82. The number of carboxylic acids is 1. The number of carboxylic acid groups (broad SMARTS) is 1. The molecule has 2 atom stereocenters. The van der Waals surface area contributed by atoms with Gasteiger partial charge in [-0.2, -0.15) is 0 Å². The van der Waals surface area contributed by atoms with Crippen molar-refractivity contribution in [3.8, 4) is 11.3 Å². The third-order valence-electron chi connectivity index (χ3n) is 6.06. The largest absolute Gasteiger partial charge is 0.481 e. The lowest BCUT2D eigenvalue weighted by Crippen LogP contribution is -2.37. The van der Waals surface area contributed by atoms with E-state index < -0.39 is 5.97 Å². The van der Waals surface area contributed by atoms with Crippen LogP contribution in [0, 0.1) is 18.8 Å². The number of benzene rings is 2. The van der Waals surface area contributed by atoms with Crippen LogP contribution in [0.1, 0.15) is 41.9 Å². The molecule has 4 rings (SSSR count). The van der Waals surface area contributed by atoms with E-state index in [1.807, 2.05) is 55.5 Å². The number of anilines is 2. The van der Waals surface area contributed by atoms with Crippen LogP contribution in [0.15, 0.2) is 60.7 Å². The summed E-state index contributed by atoms with van der Waals surface area (Å²) in [6.45, 7) is 2.22. The third-order valence-corrected chi connectivity index (χ3v) is 6.06. The van der Waals surface area contributed by atoms with Crippen LogP contribution in [0.25, 0.3) is 11.3 Å². The van der Waals surface area contributed by atoms with E-state index in [0.29, 0.717) is 30.2 Å². The molecule has 33 heavy (non-hydrogen) atoms. The summed E-state index contributed by atoms with van der Waals surface area (Å²) in [4.78, 5) is 33.2. The van der Waals surface area contributed by atoms with Crippen LogP contribution in [0.4, 0.5) is 11.5 Å². The zero-order valence-electron chi connectivity index (χ0n) is 18.6. The molecule has 7 nitrogen and oxygen atoms in total. The van der Waals surface area contributed by atoms with Gasteiger partial charge in [-0.3, -0.25) is 9.59 Å². The molecular formula is C26H28N4O3.